The second-order valence-electron chi connectivity index (χ2n) is 4.46. The molecule has 0 saturated heterocycles. The van der Waals surface area contributed by atoms with Gasteiger partial charge in [0.15, 0.2) is 0 Å². The fourth-order valence-electron chi connectivity index (χ4n) is 1.64. The molecule has 16 heavy (non-hydrogen) atoms. The Hall–Kier alpha value is -0.930. The molecule has 0 bridgehead atoms. The predicted octanol–water partition coefficient (Wildman–Crippen LogP) is 2.42. The predicted molar refractivity (Wildman–Crippen MR) is 63.6 cm³/mol. The van der Waals surface area contributed by atoms with Crippen molar-refractivity contribution in [3.63, 3.8) is 0 Å². The number of rotatable bonds is 5. The number of hydrogen-bond acceptors (Lipinski definition) is 2. The van der Waals surface area contributed by atoms with E-state index >= 15 is 0 Å². The van der Waals surface area contributed by atoms with E-state index in [2.05, 4.69) is 4.90 Å². The Morgan fingerprint density at radius 3 is 2.38 bits per heavy atom. The van der Waals surface area contributed by atoms with Gasteiger partial charge in [0.1, 0.15) is 5.82 Å². The van der Waals surface area contributed by atoms with E-state index < -0.39 is 6.10 Å². The first-order chi connectivity index (χ1) is 7.50. The molecule has 0 saturated carbocycles. The first kappa shape index (κ1) is 13.1. The number of aliphatic hydroxyl groups is 1. The van der Waals surface area contributed by atoms with E-state index in [-0.39, 0.29) is 11.9 Å². The normalized spacial score (nSPS) is 13.4. The molecule has 0 aliphatic carbocycles. The Morgan fingerprint density at radius 2 is 1.88 bits per heavy atom. The number of aliphatic hydroxyl groups excluding tert-OH is 1. The Balaban J connectivity index is 2.72. The van der Waals surface area contributed by atoms with Crippen LogP contribution in [0.2, 0.25) is 0 Å². The van der Waals surface area contributed by atoms with Gasteiger partial charge in [0, 0.05) is 24.7 Å². The summed E-state index contributed by atoms with van der Waals surface area (Å²) < 4.78 is 13.5. The van der Waals surface area contributed by atoms with Crippen LogP contribution in [-0.4, -0.2) is 28.7 Å². The minimum atomic E-state index is -0.394. The van der Waals surface area contributed by atoms with Crippen molar-refractivity contribution in [2.75, 3.05) is 6.54 Å². The molecule has 1 N–H and O–H groups in total. The molecule has 0 radical (unpaired) electrons. The first-order valence-electron chi connectivity index (χ1n) is 5.66. The van der Waals surface area contributed by atoms with E-state index in [0.717, 1.165) is 0 Å². The molecule has 1 atom stereocenters. The zero-order valence-corrected chi connectivity index (χ0v) is 10.2. The number of halogens is 1. The second kappa shape index (κ2) is 5.97. The van der Waals surface area contributed by atoms with Crippen LogP contribution in [0.5, 0.6) is 0 Å². The standard InChI is InChI=1S/C13H20FNO/c1-10(2)15(8-11(3)16)9-12-6-4-5-7-13(12)14/h4-7,10-11,16H,8-9H2,1-3H3. The van der Waals surface area contributed by atoms with Gasteiger partial charge in [-0.3, -0.25) is 4.90 Å². The lowest BCUT2D eigenvalue weighted by Gasteiger charge is -2.27. The van der Waals surface area contributed by atoms with E-state index in [1.807, 2.05) is 19.9 Å². The van der Waals surface area contributed by atoms with Crippen molar-refractivity contribution in [3.8, 4) is 0 Å². The summed E-state index contributed by atoms with van der Waals surface area (Å²) in [4.78, 5) is 2.06. The molecular weight excluding hydrogens is 205 g/mol. The lowest BCUT2D eigenvalue weighted by molar-refractivity contribution is 0.102. The van der Waals surface area contributed by atoms with Gasteiger partial charge in [-0.25, -0.2) is 4.39 Å². The molecule has 0 fully saturated rings. The average Bonchev–Trinajstić information content (AvgIpc) is 2.19. The van der Waals surface area contributed by atoms with E-state index in [9.17, 15) is 9.50 Å². The summed E-state index contributed by atoms with van der Waals surface area (Å²) in [7, 11) is 0. The van der Waals surface area contributed by atoms with Gasteiger partial charge >= 0.3 is 0 Å². The molecule has 0 spiro atoms. The van der Waals surface area contributed by atoms with E-state index in [0.29, 0.717) is 18.7 Å². The molecule has 0 amide bonds. The van der Waals surface area contributed by atoms with Crippen LogP contribution in [0.1, 0.15) is 26.3 Å². The Bertz CT molecular complexity index is 325. The van der Waals surface area contributed by atoms with Gasteiger partial charge in [-0.1, -0.05) is 18.2 Å². The van der Waals surface area contributed by atoms with E-state index in [4.69, 9.17) is 0 Å². The molecule has 3 heteroatoms. The summed E-state index contributed by atoms with van der Waals surface area (Å²) in [6.07, 6.45) is -0.394. The monoisotopic (exact) mass is 225 g/mol. The van der Waals surface area contributed by atoms with Crippen molar-refractivity contribution in [2.24, 2.45) is 0 Å². The van der Waals surface area contributed by atoms with E-state index in [1.165, 1.54) is 6.07 Å². The second-order valence-corrected chi connectivity index (χ2v) is 4.46. The van der Waals surface area contributed by atoms with Crippen molar-refractivity contribution >= 4 is 0 Å². The van der Waals surface area contributed by atoms with Crippen LogP contribution >= 0.6 is 0 Å². The van der Waals surface area contributed by atoms with E-state index in [1.54, 1.807) is 19.1 Å². The molecule has 0 aliphatic rings. The summed E-state index contributed by atoms with van der Waals surface area (Å²) in [5, 5.41) is 9.38. The van der Waals surface area contributed by atoms with Gasteiger partial charge in [0.2, 0.25) is 0 Å². The lowest BCUT2D eigenvalue weighted by atomic mass is 10.1. The Labute approximate surface area is 96.7 Å². The Kier molecular flexibility index (Phi) is 4.90. The molecule has 0 aromatic heterocycles. The molecule has 2 nitrogen and oxygen atoms in total. The van der Waals surface area contributed by atoms with Crippen molar-refractivity contribution in [1.29, 1.82) is 0 Å². The summed E-state index contributed by atoms with van der Waals surface area (Å²) >= 11 is 0. The highest BCUT2D eigenvalue weighted by atomic mass is 19.1. The van der Waals surface area contributed by atoms with Crippen molar-refractivity contribution in [1.82, 2.24) is 4.90 Å². The third kappa shape index (κ3) is 3.91. The summed E-state index contributed by atoms with van der Waals surface area (Å²) in [6.45, 7) is 6.93. The van der Waals surface area contributed by atoms with Gasteiger partial charge in [0.25, 0.3) is 0 Å². The molecule has 90 valence electrons. The summed E-state index contributed by atoms with van der Waals surface area (Å²) in [5.41, 5.74) is 0.678. The maximum Gasteiger partial charge on any atom is 0.127 e. The Morgan fingerprint density at radius 1 is 1.25 bits per heavy atom. The quantitative estimate of drug-likeness (QED) is 0.832. The van der Waals surface area contributed by atoms with Gasteiger partial charge in [-0.2, -0.15) is 0 Å². The highest BCUT2D eigenvalue weighted by Gasteiger charge is 2.14. The van der Waals surface area contributed by atoms with Crippen LogP contribution < -0.4 is 0 Å². The lowest BCUT2D eigenvalue weighted by Crippen LogP contribution is -2.36. The van der Waals surface area contributed by atoms with Crippen molar-refractivity contribution in [2.45, 2.75) is 39.5 Å². The maximum absolute atomic E-state index is 13.5. The fourth-order valence-corrected chi connectivity index (χ4v) is 1.64. The smallest absolute Gasteiger partial charge is 0.127 e. The molecule has 0 heterocycles. The largest absolute Gasteiger partial charge is 0.392 e. The average molecular weight is 225 g/mol. The van der Waals surface area contributed by atoms with Crippen LogP contribution in [-0.2, 0) is 6.54 Å². The third-order valence-electron chi connectivity index (χ3n) is 2.56. The maximum atomic E-state index is 13.5. The first-order valence-corrected chi connectivity index (χ1v) is 5.66. The molecule has 1 aromatic rings. The van der Waals surface area contributed by atoms with Crippen LogP contribution in [0.25, 0.3) is 0 Å². The van der Waals surface area contributed by atoms with Crippen LogP contribution in [0.4, 0.5) is 4.39 Å². The van der Waals surface area contributed by atoms with Crippen LogP contribution in [0.15, 0.2) is 24.3 Å². The SMILES string of the molecule is CC(O)CN(Cc1ccccc1F)C(C)C. The number of benzene rings is 1. The van der Waals surface area contributed by atoms with Gasteiger partial charge in [0.05, 0.1) is 6.10 Å². The number of hydrogen-bond donors (Lipinski definition) is 1. The zero-order valence-electron chi connectivity index (χ0n) is 10.2. The minimum Gasteiger partial charge on any atom is -0.392 e. The number of nitrogens with zero attached hydrogens (tertiary/aromatic N) is 1. The highest BCUT2D eigenvalue weighted by molar-refractivity contribution is 5.17. The minimum absolute atomic E-state index is 0.182. The van der Waals surface area contributed by atoms with Crippen LogP contribution in [0, 0.1) is 5.82 Å². The summed E-state index contributed by atoms with van der Waals surface area (Å²) in [6, 6.07) is 7.06. The molecule has 1 aromatic carbocycles. The molecule has 1 rings (SSSR count). The van der Waals surface area contributed by atoms with Gasteiger partial charge in [-0.05, 0) is 26.8 Å². The molecular formula is C13H20FNO. The fraction of sp³-hybridized carbons (Fsp3) is 0.538. The molecule has 0 aliphatic heterocycles. The van der Waals surface area contributed by atoms with Crippen molar-refractivity contribution < 1.29 is 9.50 Å². The van der Waals surface area contributed by atoms with Gasteiger partial charge in [-0.15, -0.1) is 0 Å². The van der Waals surface area contributed by atoms with Crippen LogP contribution in [0.3, 0.4) is 0 Å². The summed E-state index contributed by atoms with van der Waals surface area (Å²) in [5.74, 6) is -0.182. The molecule has 1 unspecified atom stereocenters. The van der Waals surface area contributed by atoms with Crippen molar-refractivity contribution in [3.05, 3.63) is 35.6 Å². The zero-order chi connectivity index (χ0) is 12.1. The third-order valence-corrected chi connectivity index (χ3v) is 2.56. The van der Waals surface area contributed by atoms with Gasteiger partial charge < -0.3 is 5.11 Å². The topological polar surface area (TPSA) is 23.5 Å². The highest BCUT2D eigenvalue weighted by Crippen LogP contribution is 2.12.